The van der Waals surface area contributed by atoms with E-state index in [4.69, 9.17) is 10.8 Å². The zero-order valence-corrected chi connectivity index (χ0v) is 19.7. The number of halogens is 1. The van der Waals surface area contributed by atoms with Crippen LogP contribution in [0.25, 0.3) is 10.9 Å². The Kier molecular flexibility index (Phi) is 6.00. The Labute approximate surface area is 204 Å². The zero-order valence-electron chi connectivity index (χ0n) is 18.1. The van der Waals surface area contributed by atoms with E-state index in [-0.39, 0.29) is 30.4 Å². The Morgan fingerprint density at radius 2 is 1.71 bits per heavy atom. The summed E-state index contributed by atoms with van der Waals surface area (Å²) in [4.78, 5) is 30.4. The number of nitrogens with zero attached hydrogens (tertiary/aromatic N) is 2. The van der Waals surface area contributed by atoms with Gasteiger partial charge in [0, 0.05) is 27.1 Å². The van der Waals surface area contributed by atoms with Crippen molar-refractivity contribution in [2.75, 3.05) is 0 Å². The second-order valence-corrected chi connectivity index (χ2v) is 9.01. The third kappa shape index (κ3) is 4.13. The van der Waals surface area contributed by atoms with Crippen LogP contribution in [0.4, 0.5) is 0 Å². The lowest BCUT2D eigenvalue weighted by Crippen LogP contribution is -2.42. The number of rotatable bonds is 5. The number of aliphatic imine (C=N–C) groups is 1. The van der Waals surface area contributed by atoms with E-state index in [0.717, 1.165) is 26.5 Å². The van der Waals surface area contributed by atoms with Gasteiger partial charge in [-0.25, -0.2) is 5.84 Å². The van der Waals surface area contributed by atoms with E-state index >= 15 is 0 Å². The lowest BCUT2D eigenvalue weighted by atomic mass is 9.91. The van der Waals surface area contributed by atoms with Gasteiger partial charge in [-0.05, 0) is 29.3 Å². The standard InChI is InChI=1S/C26H22BrN5O2/c27-18-11-12-21-19(13-18)20(14-32(21)15-22(33)31-28)25-26(34)30-24(17-9-5-2-6-10-17)23(29-25)16-7-3-1-4-8-16/h1-14,23-24H,15,28H2,(H,30,34)(H,31,33)/t23-,24-/m0/s1. The quantitative estimate of drug-likeness (QED) is 0.214. The smallest absolute Gasteiger partial charge is 0.270 e. The van der Waals surface area contributed by atoms with Crippen LogP contribution in [0.15, 0.2) is 94.5 Å². The fourth-order valence-corrected chi connectivity index (χ4v) is 4.75. The summed E-state index contributed by atoms with van der Waals surface area (Å²) >= 11 is 3.52. The maximum Gasteiger partial charge on any atom is 0.270 e. The van der Waals surface area contributed by atoms with Gasteiger partial charge in [0.15, 0.2) is 0 Å². The highest BCUT2D eigenvalue weighted by molar-refractivity contribution is 9.10. The molecule has 0 fully saturated rings. The van der Waals surface area contributed by atoms with Gasteiger partial charge in [0.25, 0.3) is 11.8 Å². The Bertz CT molecular complexity index is 1400. The number of nitrogens with two attached hydrogens (primary N) is 1. The molecule has 0 radical (unpaired) electrons. The van der Waals surface area contributed by atoms with Crippen LogP contribution in [-0.4, -0.2) is 22.1 Å². The maximum absolute atomic E-state index is 13.4. The van der Waals surface area contributed by atoms with Crippen LogP contribution in [0.2, 0.25) is 0 Å². The summed E-state index contributed by atoms with van der Waals surface area (Å²) < 4.78 is 2.64. The number of hydrazine groups is 1. The second-order valence-electron chi connectivity index (χ2n) is 8.09. The average Bonchev–Trinajstić information content (AvgIpc) is 3.21. The highest BCUT2D eigenvalue weighted by Gasteiger charge is 2.34. The van der Waals surface area contributed by atoms with Gasteiger partial charge in [0.05, 0.1) is 6.04 Å². The van der Waals surface area contributed by atoms with E-state index in [0.29, 0.717) is 11.3 Å². The van der Waals surface area contributed by atoms with Crippen molar-refractivity contribution >= 4 is 44.4 Å². The number of carbonyl (C=O) groups excluding carboxylic acids is 2. The molecule has 1 aromatic heterocycles. The summed E-state index contributed by atoms with van der Waals surface area (Å²) in [5, 5.41) is 4.00. The minimum absolute atomic E-state index is 0.0261. The molecule has 0 unspecified atom stereocenters. The lowest BCUT2D eigenvalue weighted by Gasteiger charge is -2.31. The average molecular weight is 516 g/mol. The first-order valence-electron chi connectivity index (χ1n) is 10.8. The Balaban J connectivity index is 1.67. The van der Waals surface area contributed by atoms with Gasteiger partial charge in [-0.1, -0.05) is 76.6 Å². The molecule has 34 heavy (non-hydrogen) atoms. The largest absolute Gasteiger partial charge is 0.341 e. The van der Waals surface area contributed by atoms with Crippen LogP contribution in [0, 0.1) is 0 Å². The number of carbonyl (C=O) groups is 2. The number of fused-ring (bicyclic) bond motifs is 1. The number of hydrogen-bond donors (Lipinski definition) is 3. The van der Waals surface area contributed by atoms with Crippen LogP contribution in [-0.2, 0) is 16.1 Å². The number of nitrogens with one attached hydrogen (secondary N) is 2. The molecule has 0 saturated heterocycles. The number of amides is 2. The Hall–Kier alpha value is -3.75. The van der Waals surface area contributed by atoms with E-state index in [1.807, 2.05) is 78.9 Å². The molecular weight excluding hydrogens is 494 g/mol. The summed E-state index contributed by atoms with van der Waals surface area (Å²) in [5.74, 6) is 4.70. The third-order valence-corrected chi connectivity index (χ3v) is 6.45. The number of hydrogen-bond acceptors (Lipinski definition) is 4. The van der Waals surface area contributed by atoms with Gasteiger partial charge in [0.1, 0.15) is 18.3 Å². The molecule has 7 nitrogen and oxygen atoms in total. The van der Waals surface area contributed by atoms with Crippen molar-refractivity contribution in [1.82, 2.24) is 15.3 Å². The van der Waals surface area contributed by atoms with Crippen molar-refractivity contribution in [2.45, 2.75) is 18.6 Å². The molecular formula is C26H22BrN5O2. The van der Waals surface area contributed by atoms with Crippen molar-refractivity contribution in [1.29, 1.82) is 0 Å². The highest BCUT2D eigenvalue weighted by atomic mass is 79.9. The number of aromatic nitrogens is 1. The molecule has 2 atom stereocenters. The van der Waals surface area contributed by atoms with Crippen LogP contribution < -0.4 is 16.6 Å². The predicted octanol–water partition coefficient (Wildman–Crippen LogP) is 3.80. The Morgan fingerprint density at radius 3 is 2.38 bits per heavy atom. The molecule has 2 amide bonds. The molecule has 0 spiro atoms. The van der Waals surface area contributed by atoms with Gasteiger partial charge in [0.2, 0.25) is 0 Å². The molecule has 170 valence electrons. The third-order valence-electron chi connectivity index (χ3n) is 5.96. The van der Waals surface area contributed by atoms with E-state index in [1.54, 1.807) is 10.8 Å². The van der Waals surface area contributed by atoms with Gasteiger partial charge in [-0.15, -0.1) is 0 Å². The van der Waals surface area contributed by atoms with Gasteiger partial charge in [-0.2, -0.15) is 0 Å². The van der Waals surface area contributed by atoms with Crippen LogP contribution in [0.3, 0.4) is 0 Å². The molecule has 0 bridgehead atoms. The van der Waals surface area contributed by atoms with E-state index in [1.165, 1.54) is 0 Å². The van der Waals surface area contributed by atoms with Crippen LogP contribution in [0.1, 0.15) is 28.8 Å². The first-order chi connectivity index (χ1) is 16.5. The minimum atomic E-state index is -0.340. The first kappa shape index (κ1) is 22.1. The van der Waals surface area contributed by atoms with Crippen LogP contribution >= 0.6 is 15.9 Å². The maximum atomic E-state index is 13.4. The van der Waals surface area contributed by atoms with Crippen molar-refractivity contribution in [3.05, 3.63) is 106 Å². The highest BCUT2D eigenvalue weighted by Crippen LogP contribution is 2.36. The minimum Gasteiger partial charge on any atom is -0.341 e. The summed E-state index contributed by atoms with van der Waals surface area (Å²) in [6.07, 6.45) is 1.79. The van der Waals surface area contributed by atoms with Crippen molar-refractivity contribution < 1.29 is 9.59 Å². The first-order valence-corrected chi connectivity index (χ1v) is 11.6. The topological polar surface area (TPSA) is 102 Å². The fourth-order valence-electron chi connectivity index (χ4n) is 4.39. The molecule has 0 aliphatic carbocycles. The summed E-state index contributed by atoms with van der Waals surface area (Å²) in [5.41, 5.74) is 5.94. The zero-order chi connectivity index (χ0) is 23.7. The SMILES string of the molecule is NNC(=O)Cn1cc(C2=N[C@@H](c3ccccc3)[C@H](c3ccccc3)NC2=O)c2cc(Br)ccc21. The van der Waals surface area contributed by atoms with Gasteiger partial charge < -0.3 is 9.88 Å². The van der Waals surface area contributed by atoms with E-state index in [2.05, 4.69) is 26.7 Å². The van der Waals surface area contributed by atoms with Crippen LogP contribution in [0.5, 0.6) is 0 Å². The van der Waals surface area contributed by atoms with E-state index in [9.17, 15) is 9.59 Å². The second kappa shape index (κ2) is 9.24. The predicted molar refractivity (Wildman–Crippen MR) is 135 cm³/mol. The summed E-state index contributed by atoms with van der Waals surface area (Å²) in [6.45, 7) is 0.0261. The molecule has 0 saturated carbocycles. The monoisotopic (exact) mass is 515 g/mol. The van der Waals surface area contributed by atoms with E-state index < -0.39 is 0 Å². The normalized spacial score (nSPS) is 17.8. The van der Waals surface area contributed by atoms with Crippen molar-refractivity contribution in [2.24, 2.45) is 10.8 Å². The fraction of sp³-hybridized carbons (Fsp3) is 0.115. The number of benzene rings is 3. The molecule has 3 aromatic carbocycles. The van der Waals surface area contributed by atoms with Crippen molar-refractivity contribution in [3.8, 4) is 0 Å². The van der Waals surface area contributed by atoms with Crippen molar-refractivity contribution in [3.63, 3.8) is 0 Å². The molecule has 1 aliphatic rings. The molecule has 5 rings (SSSR count). The Morgan fingerprint density at radius 1 is 1.03 bits per heavy atom. The molecule has 2 heterocycles. The summed E-state index contributed by atoms with van der Waals surface area (Å²) in [7, 11) is 0. The lowest BCUT2D eigenvalue weighted by molar-refractivity contribution is -0.121. The molecule has 4 aromatic rings. The molecule has 4 N–H and O–H groups in total. The van der Waals surface area contributed by atoms with Gasteiger partial charge >= 0.3 is 0 Å². The van der Waals surface area contributed by atoms with Gasteiger partial charge in [-0.3, -0.25) is 20.0 Å². The molecule has 8 heteroatoms. The summed E-state index contributed by atoms with van der Waals surface area (Å²) in [6, 6.07) is 24.9. The molecule has 1 aliphatic heterocycles.